The summed E-state index contributed by atoms with van der Waals surface area (Å²) in [4.78, 5) is 28.9. The van der Waals surface area contributed by atoms with Crippen LogP contribution in [0.1, 0.15) is 19.3 Å². The van der Waals surface area contributed by atoms with E-state index >= 15 is 4.39 Å². The van der Waals surface area contributed by atoms with Crippen LogP contribution in [-0.2, 0) is 4.79 Å². The van der Waals surface area contributed by atoms with Crippen LogP contribution < -0.4 is 20.7 Å². The lowest BCUT2D eigenvalue weighted by atomic mass is 10.0. The van der Waals surface area contributed by atoms with Crippen molar-refractivity contribution in [1.29, 1.82) is 0 Å². The highest BCUT2D eigenvalue weighted by atomic mass is 35.5. The second-order valence-corrected chi connectivity index (χ2v) is 11.5. The molecule has 0 aliphatic carbocycles. The minimum Gasteiger partial charge on any atom is -0.463 e. The number of hydrogen-bond donors (Lipinski definition) is 2. The fourth-order valence-electron chi connectivity index (χ4n) is 5.33. The number of thiazole rings is 1. The predicted molar refractivity (Wildman–Crippen MR) is 148 cm³/mol. The lowest BCUT2D eigenvalue weighted by Gasteiger charge is -2.34. The molecule has 4 aromatic rings. The number of nitrogens with one attached hydrogen (secondary N) is 1. The monoisotopic (exact) mass is 573 g/mol. The number of hydrogen-bond acceptors (Lipinski definition) is 9. The molecule has 204 valence electrons. The molecule has 2 aliphatic heterocycles. The number of fused-ring (bicyclic) bond motifs is 4. The van der Waals surface area contributed by atoms with Gasteiger partial charge in [-0.15, -0.1) is 0 Å². The second kappa shape index (κ2) is 10.00. The Morgan fingerprint density at radius 3 is 2.67 bits per heavy atom. The molecule has 39 heavy (non-hydrogen) atoms. The molecule has 2 aromatic heterocycles. The van der Waals surface area contributed by atoms with Crippen LogP contribution in [0, 0.1) is 11.6 Å². The number of nitrogen functional groups attached to an aromatic ring is 1. The van der Waals surface area contributed by atoms with Gasteiger partial charge < -0.3 is 25.6 Å². The molecule has 0 saturated carbocycles. The van der Waals surface area contributed by atoms with Gasteiger partial charge in [0.2, 0.25) is 5.91 Å². The maximum absolute atomic E-state index is 16.4. The number of carbonyl (C=O) groups excluding carboxylic acids is 1. The number of halogens is 3. The Morgan fingerprint density at radius 2 is 1.95 bits per heavy atom. The third-order valence-electron chi connectivity index (χ3n) is 7.19. The Morgan fingerprint density at radius 1 is 1.21 bits per heavy atom. The van der Waals surface area contributed by atoms with Crippen molar-refractivity contribution in [2.45, 2.75) is 31.3 Å². The van der Waals surface area contributed by atoms with Crippen molar-refractivity contribution in [2.24, 2.45) is 0 Å². The van der Waals surface area contributed by atoms with Crippen molar-refractivity contribution in [3.8, 4) is 17.1 Å². The molecule has 2 bridgehead atoms. The van der Waals surface area contributed by atoms with Crippen molar-refractivity contribution in [3.63, 3.8) is 0 Å². The Kier molecular flexibility index (Phi) is 6.64. The zero-order valence-electron chi connectivity index (χ0n) is 21.3. The molecule has 2 aliphatic rings. The number of nitrogens with two attached hydrogens (primary N) is 1. The zero-order valence-corrected chi connectivity index (χ0v) is 22.9. The van der Waals surface area contributed by atoms with Crippen molar-refractivity contribution < 1.29 is 18.3 Å². The summed E-state index contributed by atoms with van der Waals surface area (Å²) in [6.07, 6.45) is 2.22. The van der Waals surface area contributed by atoms with E-state index in [2.05, 4.69) is 25.2 Å². The van der Waals surface area contributed by atoms with E-state index in [0.717, 1.165) is 24.2 Å². The molecule has 2 unspecified atom stereocenters. The van der Waals surface area contributed by atoms with Crippen LogP contribution in [0.3, 0.4) is 0 Å². The Balaban J connectivity index is 1.49. The molecular weight excluding hydrogens is 548 g/mol. The molecular formula is C26H26ClF2N7O2S. The summed E-state index contributed by atoms with van der Waals surface area (Å²) < 4.78 is 36.9. The van der Waals surface area contributed by atoms with Gasteiger partial charge in [-0.1, -0.05) is 22.9 Å². The summed E-state index contributed by atoms with van der Waals surface area (Å²) in [5, 5.41) is 4.30. The normalized spacial score (nSPS) is 18.7. The smallest absolute Gasteiger partial charge is 0.319 e. The molecule has 2 aromatic carbocycles. The van der Waals surface area contributed by atoms with Gasteiger partial charge in [-0.2, -0.15) is 9.97 Å². The molecule has 0 spiro atoms. The lowest BCUT2D eigenvalue weighted by molar-refractivity contribution is -0.129. The van der Waals surface area contributed by atoms with Crippen LogP contribution >= 0.6 is 22.9 Å². The summed E-state index contributed by atoms with van der Waals surface area (Å²) in [6.45, 7) is 1.42. The SMILES string of the molecule is CN(C)C(=O)CCOc1nc(N2CC3CCC(C2)N3)c2cc(Cl)c(-c3ccc(F)c4sc(N)nc34)c(F)c2n1. The molecule has 13 heteroatoms. The van der Waals surface area contributed by atoms with E-state index in [-0.39, 0.29) is 56.4 Å². The minimum absolute atomic E-state index is 0.0138. The van der Waals surface area contributed by atoms with Gasteiger partial charge in [0.05, 0.1) is 21.7 Å². The van der Waals surface area contributed by atoms with Crippen LogP contribution in [0.5, 0.6) is 6.01 Å². The van der Waals surface area contributed by atoms with E-state index in [9.17, 15) is 9.18 Å². The highest BCUT2D eigenvalue weighted by Gasteiger charge is 2.34. The largest absolute Gasteiger partial charge is 0.463 e. The first-order chi connectivity index (χ1) is 18.7. The number of carbonyl (C=O) groups is 1. The average Bonchev–Trinajstić information content (AvgIpc) is 3.46. The van der Waals surface area contributed by atoms with Gasteiger partial charge in [0, 0.05) is 55.8 Å². The molecule has 1 amide bonds. The highest BCUT2D eigenvalue weighted by Crippen LogP contribution is 2.43. The van der Waals surface area contributed by atoms with E-state index in [0.29, 0.717) is 41.9 Å². The van der Waals surface area contributed by atoms with E-state index in [1.165, 1.54) is 17.0 Å². The van der Waals surface area contributed by atoms with E-state index in [4.69, 9.17) is 22.1 Å². The first kappa shape index (κ1) is 25.9. The fraction of sp³-hybridized carbons (Fsp3) is 0.385. The number of piperazine rings is 1. The van der Waals surface area contributed by atoms with E-state index in [1.54, 1.807) is 20.2 Å². The number of nitrogens with zero attached hydrogens (tertiary/aromatic N) is 5. The van der Waals surface area contributed by atoms with Crippen LogP contribution in [0.2, 0.25) is 5.02 Å². The Hall–Kier alpha value is -3.35. The van der Waals surface area contributed by atoms with Crippen molar-refractivity contribution in [1.82, 2.24) is 25.2 Å². The maximum Gasteiger partial charge on any atom is 0.319 e. The van der Waals surface area contributed by atoms with Gasteiger partial charge in [-0.05, 0) is 31.0 Å². The summed E-state index contributed by atoms with van der Waals surface area (Å²) in [7, 11) is 3.32. The molecule has 9 nitrogen and oxygen atoms in total. The Labute approximate surface area is 231 Å². The topological polar surface area (TPSA) is 110 Å². The molecule has 0 radical (unpaired) electrons. The minimum atomic E-state index is -0.701. The molecule has 6 rings (SSSR count). The summed E-state index contributed by atoms with van der Waals surface area (Å²) in [5.41, 5.74) is 6.44. The predicted octanol–water partition coefficient (Wildman–Crippen LogP) is 4.22. The zero-order chi connectivity index (χ0) is 27.4. The average molecular weight is 574 g/mol. The van der Waals surface area contributed by atoms with Gasteiger partial charge in [0.15, 0.2) is 10.9 Å². The van der Waals surface area contributed by atoms with Crippen LogP contribution in [0.15, 0.2) is 18.2 Å². The highest BCUT2D eigenvalue weighted by molar-refractivity contribution is 7.22. The third kappa shape index (κ3) is 4.70. The van der Waals surface area contributed by atoms with Crippen LogP contribution in [0.4, 0.5) is 19.7 Å². The van der Waals surface area contributed by atoms with Crippen molar-refractivity contribution >= 4 is 60.9 Å². The van der Waals surface area contributed by atoms with Gasteiger partial charge >= 0.3 is 6.01 Å². The summed E-state index contributed by atoms with van der Waals surface area (Å²) in [6, 6.07) is 4.89. The van der Waals surface area contributed by atoms with Crippen molar-refractivity contribution in [3.05, 3.63) is 34.9 Å². The van der Waals surface area contributed by atoms with Crippen LogP contribution in [0.25, 0.3) is 32.2 Å². The second-order valence-electron chi connectivity index (χ2n) is 10.0. The Bertz CT molecular complexity index is 1600. The number of rotatable bonds is 6. The maximum atomic E-state index is 16.4. The molecule has 4 heterocycles. The standard InChI is InChI=1S/C26H26ClF2N7O2S/c1-35(2)18(37)7-8-38-26-33-21-15(24(34-26)36-10-12-3-4-13(11-36)31-12)9-16(27)19(20(21)29)14-5-6-17(28)23-22(14)32-25(30)39-23/h5-6,9,12-13,31H,3-4,7-8,10-11H2,1-2H3,(H2,30,32). The molecule has 2 atom stereocenters. The lowest BCUT2D eigenvalue weighted by Crippen LogP contribution is -2.51. The number of amides is 1. The summed E-state index contributed by atoms with van der Waals surface area (Å²) in [5.74, 6) is -0.797. The third-order valence-corrected chi connectivity index (χ3v) is 8.38. The number of anilines is 2. The number of ether oxygens (including phenoxy) is 1. The quantitative estimate of drug-likeness (QED) is 0.353. The van der Waals surface area contributed by atoms with Gasteiger partial charge in [-0.3, -0.25) is 4.79 Å². The van der Waals surface area contributed by atoms with Gasteiger partial charge in [-0.25, -0.2) is 13.8 Å². The molecule has 3 N–H and O–H groups in total. The van der Waals surface area contributed by atoms with Crippen molar-refractivity contribution in [2.75, 3.05) is 44.4 Å². The molecule has 2 saturated heterocycles. The van der Waals surface area contributed by atoms with E-state index in [1.807, 2.05) is 0 Å². The number of benzene rings is 2. The fourth-order valence-corrected chi connectivity index (χ4v) is 6.39. The van der Waals surface area contributed by atoms with Crippen LogP contribution in [-0.4, -0.2) is 71.6 Å². The van der Waals surface area contributed by atoms with Gasteiger partial charge in [0.25, 0.3) is 0 Å². The molecule has 2 fully saturated rings. The van der Waals surface area contributed by atoms with Gasteiger partial charge in [0.1, 0.15) is 23.8 Å². The summed E-state index contributed by atoms with van der Waals surface area (Å²) >= 11 is 7.69. The first-order valence-electron chi connectivity index (χ1n) is 12.6. The first-order valence-corrected chi connectivity index (χ1v) is 13.8. The number of aromatic nitrogens is 3. The van der Waals surface area contributed by atoms with E-state index < -0.39 is 11.6 Å².